The first-order valence-electron chi connectivity index (χ1n) is 7.60. The van der Waals surface area contributed by atoms with Gasteiger partial charge in [-0.1, -0.05) is 26.1 Å². The number of hydrogen-bond donors (Lipinski definition) is 2. The molecule has 2 rings (SSSR count). The van der Waals surface area contributed by atoms with Crippen LogP contribution in [-0.4, -0.2) is 34.4 Å². The Morgan fingerprint density at radius 1 is 1.43 bits per heavy atom. The van der Waals surface area contributed by atoms with Crippen LogP contribution in [0.5, 0.6) is 0 Å². The molecule has 3 N–H and O–H groups in total. The summed E-state index contributed by atoms with van der Waals surface area (Å²) in [6.07, 6.45) is 2.75. The largest absolute Gasteiger partial charge is 0.389 e. The van der Waals surface area contributed by atoms with E-state index in [0.29, 0.717) is 16.7 Å². The Kier molecular flexibility index (Phi) is 5.47. The Morgan fingerprint density at radius 2 is 2.19 bits per heavy atom. The zero-order valence-electron chi connectivity index (χ0n) is 13.0. The van der Waals surface area contributed by atoms with Gasteiger partial charge in [-0.25, -0.2) is 0 Å². The van der Waals surface area contributed by atoms with Gasteiger partial charge >= 0.3 is 0 Å². The van der Waals surface area contributed by atoms with Gasteiger partial charge in [0.1, 0.15) is 4.99 Å². The maximum Gasteiger partial charge on any atom is 0.159 e. The van der Waals surface area contributed by atoms with Crippen LogP contribution in [0.15, 0.2) is 0 Å². The lowest BCUT2D eigenvalue weighted by Gasteiger charge is -2.22. The monoisotopic (exact) mass is 308 g/mol. The molecule has 1 aliphatic heterocycles. The molecule has 21 heavy (non-hydrogen) atoms. The van der Waals surface area contributed by atoms with Crippen LogP contribution >= 0.6 is 12.2 Å². The van der Waals surface area contributed by atoms with E-state index in [0.717, 1.165) is 49.3 Å². The minimum Gasteiger partial charge on any atom is -0.389 e. The van der Waals surface area contributed by atoms with Crippen LogP contribution in [0.3, 0.4) is 0 Å². The maximum absolute atomic E-state index is 5.94. The molecule has 5 nitrogen and oxygen atoms in total. The second-order valence-electron chi connectivity index (χ2n) is 5.48. The van der Waals surface area contributed by atoms with Crippen molar-refractivity contribution in [2.75, 3.05) is 18.5 Å². The van der Waals surface area contributed by atoms with Crippen LogP contribution in [-0.2, 0) is 17.6 Å². The lowest BCUT2D eigenvalue weighted by Crippen LogP contribution is -2.29. The second kappa shape index (κ2) is 7.13. The van der Waals surface area contributed by atoms with E-state index in [2.05, 4.69) is 36.3 Å². The molecule has 116 valence electrons. The summed E-state index contributed by atoms with van der Waals surface area (Å²) in [7, 11) is 0. The predicted octanol–water partition coefficient (Wildman–Crippen LogP) is 2.07. The third-order valence-electron chi connectivity index (χ3n) is 4.13. The van der Waals surface area contributed by atoms with Crippen molar-refractivity contribution in [1.82, 2.24) is 10.2 Å². The molecule has 0 spiro atoms. The number of nitrogens with two attached hydrogens (primary N) is 1. The van der Waals surface area contributed by atoms with Crippen molar-refractivity contribution in [1.29, 1.82) is 0 Å². The van der Waals surface area contributed by atoms with E-state index in [1.807, 2.05) is 0 Å². The van der Waals surface area contributed by atoms with Gasteiger partial charge in [0, 0.05) is 18.6 Å². The molecule has 6 heteroatoms. The highest BCUT2D eigenvalue weighted by molar-refractivity contribution is 7.80. The highest BCUT2D eigenvalue weighted by atomic mass is 32.1. The predicted molar refractivity (Wildman–Crippen MR) is 88.7 cm³/mol. The number of ether oxygens (including phenoxy) is 1. The van der Waals surface area contributed by atoms with Crippen LogP contribution < -0.4 is 11.1 Å². The van der Waals surface area contributed by atoms with Gasteiger partial charge in [0.05, 0.1) is 17.9 Å². The summed E-state index contributed by atoms with van der Waals surface area (Å²) < 4.78 is 5.45. The fourth-order valence-corrected chi connectivity index (χ4v) is 3.04. The molecule has 2 atom stereocenters. The molecule has 0 aromatic carbocycles. The summed E-state index contributed by atoms with van der Waals surface area (Å²) in [6.45, 7) is 7.93. The molecule has 0 bridgehead atoms. The topological polar surface area (TPSA) is 73.1 Å². The van der Waals surface area contributed by atoms with Crippen LogP contribution in [0.4, 0.5) is 5.82 Å². The third kappa shape index (κ3) is 3.49. The van der Waals surface area contributed by atoms with Gasteiger partial charge in [-0.3, -0.25) is 0 Å². The number of aryl methyl sites for hydroxylation is 1. The zero-order chi connectivity index (χ0) is 15.4. The maximum atomic E-state index is 5.94. The molecule has 0 amide bonds. The van der Waals surface area contributed by atoms with Gasteiger partial charge in [-0.15, -0.1) is 5.10 Å². The van der Waals surface area contributed by atoms with Gasteiger partial charge < -0.3 is 15.8 Å². The van der Waals surface area contributed by atoms with Crippen molar-refractivity contribution in [2.45, 2.75) is 46.1 Å². The lowest BCUT2D eigenvalue weighted by molar-refractivity contribution is 0.183. The molecule has 0 radical (unpaired) electrons. The number of nitrogens with zero attached hydrogens (tertiary/aromatic N) is 2. The van der Waals surface area contributed by atoms with Gasteiger partial charge in [0.15, 0.2) is 5.82 Å². The summed E-state index contributed by atoms with van der Waals surface area (Å²) in [5.74, 6) is 1.19. The second-order valence-corrected chi connectivity index (χ2v) is 5.92. The Labute approximate surface area is 131 Å². The standard InChI is InChI=1S/C15H24N4OS/c1-4-11-12(5-2)18-19-15(13(11)14(16)21)17-9(3)10-6-7-20-8-10/h9-10H,4-8H2,1-3H3,(H2,16,21)(H,17,19). The van der Waals surface area contributed by atoms with Crippen LogP contribution in [0.2, 0.25) is 0 Å². The van der Waals surface area contributed by atoms with Crippen LogP contribution in [0.1, 0.15) is 44.0 Å². The van der Waals surface area contributed by atoms with Gasteiger partial charge in [0.25, 0.3) is 0 Å². The van der Waals surface area contributed by atoms with Crippen molar-refractivity contribution in [3.8, 4) is 0 Å². The van der Waals surface area contributed by atoms with Gasteiger partial charge in [-0.2, -0.15) is 5.10 Å². The summed E-state index contributed by atoms with van der Waals surface area (Å²) >= 11 is 5.24. The summed E-state index contributed by atoms with van der Waals surface area (Å²) in [6, 6.07) is 0.257. The molecule has 1 aromatic heterocycles. The number of nitrogens with one attached hydrogen (secondary N) is 1. The first-order chi connectivity index (χ1) is 10.1. The normalized spacial score (nSPS) is 19.5. The Balaban J connectivity index is 2.31. The average molecular weight is 308 g/mol. The van der Waals surface area contributed by atoms with E-state index in [4.69, 9.17) is 22.7 Å². The van der Waals surface area contributed by atoms with E-state index >= 15 is 0 Å². The Bertz CT molecular complexity index is 515. The Hall–Kier alpha value is -1.27. The first kappa shape index (κ1) is 16.1. The number of hydrogen-bond acceptors (Lipinski definition) is 5. The van der Waals surface area contributed by atoms with Crippen molar-refractivity contribution in [3.05, 3.63) is 16.8 Å². The highest BCUT2D eigenvalue weighted by Gasteiger charge is 2.24. The number of anilines is 1. The fourth-order valence-electron chi connectivity index (χ4n) is 2.82. The van der Waals surface area contributed by atoms with E-state index in [9.17, 15) is 0 Å². The van der Waals surface area contributed by atoms with Crippen molar-refractivity contribution in [3.63, 3.8) is 0 Å². The third-order valence-corrected chi connectivity index (χ3v) is 4.33. The smallest absolute Gasteiger partial charge is 0.159 e. The summed E-state index contributed by atoms with van der Waals surface area (Å²) in [4.78, 5) is 0.383. The Morgan fingerprint density at radius 3 is 2.71 bits per heavy atom. The quantitative estimate of drug-likeness (QED) is 0.784. The molecular formula is C15H24N4OS. The average Bonchev–Trinajstić information content (AvgIpc) is 3.00. The molecule has 1 aliphatic rings. The molecule has 1 saturated heterocycles. The number of rotatable bonds is 6. The first-order valence-corrected chi connectivity index (χ1v) is 8.01. The molecule has 1 aromatic rings. The minimum atomic E-state index is 0.257. The zero-order valence-corrected chi connectivity index (χ0v) is 13.8. The molecule has 1 fully saturated rings. The van der Waals surface area contributed by atoms with Crippen molar-refractivity contribution >= 4 is 23.0 Å². The lowest BCUT2D eigenvalue weighted by atomic mass is 9.99. The summed E-state index contributed by atoms with van der Waals surface area (Å²) in [5.41, 5.74) is 8.88. The molecule has 0 aliphatic carbocycles. The molecular weight excluding hydrogens is 284 g/mol. The fraction of sp³-hybridized carbons (Fsp3) is 0.667. The minimum absolute atomic E-state index is 0.257. The molecule has 2 unspecified atom stereocenters. The van der Waals surface area contributed by atoms with Gasteiger partial charge in [0.2, 0.25) is 0 Å². The SMILES string of the molecule is CCc1nnc(NC(C)C2CCOC2)c(C(N)=S)c1CC. The van der Waals surface area contributed by atoms with E-state index in [1.165, 1.54) is 0 Å². The number of thiocarbonyl (C=S) groups is 1. The molecule has 2 heterocycles. The summed E-state index contributed by atoms with van der Waals surface area (Å²) in [5, 5.41) is 12.1. The number of aromatic nitrogens is 2. The van der Waals surface area contributed by atoms with Gasteiger partial charge in [-0.05, 0) is 31.7 Å². The van der Waals surface area contributed by atoms with E-state index in [1.54, 1.807) is 0 Å². The van der Waals surface area contributed by atoms with Crippen molar-refractivity contribution in [2.24, 2.45) is 11.7 Å². The molecule has 0 saturated carbocycles. The van der Waals surface area contributed by atoms with E-state index < -0.39 is 0 Å². The van der Waals surface area contributed by atoms with Crippen molar-refractivity contribution < 1.29 is 4.74 Å². The van der Waals surface area contributed by atoms with Crippen LogP contribution in [0, 0.1) is 5.92 Å². The van der Waals surface area contributed by atoms with Crippen LogP contribution in [0.25, 0.3) is 0 Å². The van der Waals surface area contributed by atoms with E-state index in [-0.39, 0.29) is 6.04 Å². The highest BCUT2D eigenvalue weighted by Crippen LogP contribution is 2.24.